The number of piperidine rings is 2. The number of nitrogens with zero attached hydrogens (tertiary/aromatic N) is 4. The Kier molecular flexibility index (Phi) is 4.69. The molecule has 0 aliphatic carbocycles. The number of rotatable bonds is 2. The molecule has 26 heavy (non-hydrogen) atoms. The van der Waals surface area contributed by atoms with E-state index in [0.717, 1.165) is 58.4 Å². The van der Waals surface area contributed by atoms with Crippen LogP contribution < -0.4 is 0 Å². The van der Waals surface area contributed by atoms with Gasteiger partial charge < -0.3 is 14.7 Å². The Hall–Kier alpha value is -1.95. The maximum atomic E-state index is 12.6. The molecule has 2 amide bonds. The molecule has 1 spiro atoms. The van der Waals surface area contributed by atoms with Gasteiger partial charge in [0.15, 0.2) is 0 Å². The van der Waals surface area contributed by atoms with Crippen LogP contribution in [0.4, 0.5) is 0 Å². The third-order valence-electron chi connectivity index (χ3n) is 6.52. The third kappa shape index (κ3) is 3.34. The number of amides is 2. The highest BCUT2D eigenvalue weighted by Gasteiger charge is 2.44. The van der Waals surface area contributed by atoms with Gasteiger partial charge in [-0.15, -0.1) is 0 Å². The fraction of sp³-hybridized carbons (Fsp3) is 0.650. The molecule has 3 aliphatic rings. The second kappa shape index (κ2) is 6.99. The zero-order valence-corrected chi connectivity index (χ0v) is 15.6. The van der Waals surface area contributed by atoms with Crippen LogP contribution in [0.25, 0.3) is 0 Å². The fourth-order valence-corrected chi connectivity index (χ4v) is 4.81. The van der Waals surface area contributed by atoms with E-state index in [1.54, 1.807) is 12.4 Å². The van der Waals surface area contributed by atoms with Crippen molar-refractivity contribution in [2.75, 3.05) is 39.8 Å². The Morgan fingerprint density at radius 3 is 2.69 bits per heavy atom. The first-order chi connectivity index (χ1) is 12.6. The molecule has 3 fully saturated rings. The fourth-order valence-electron chi connectivity index (χ4n) is 4.81. The van der Waals surface area contributed by atoms with E-state index in [4.69, 9.17) is 0 Å². The van der Waals surface area contributed by atoms with Crippen LogP contribution in [0, 0.1) is 5.41 Å². The lowest BCUT2D eigenvalue weighted by molar-refractivity contribution is -0.141. The second-order valence-electron chi connectivity index (χ2n) is 8.26. The first-order valence-corrected chi connectivity index (χ1v) is 9.74. The molecule has 4 rings (SSSR count). The number of likely N-dealkylation sites (tertiary alicyclic amines) is 3. The van der Waals surface area contributed by atoms with E-state index in [0.29, 0.717) is 23.9 Å². The van der Waals surface area contributed by atoms with Gasteiger partial charge in [0, 0.05) is 51.0 Å². The standard InChI is InChI=1S/C20H28N4O2/c1-22-10-5-17(14-22)24-15-20(6-4-18(24)25)7-11-23(12-8-20)19(26)16-3-2-9-21-13-16/h2-3,9,13,17H,4-8,10-12,14-15H2,1H3. The number of hydrogen-bond acceptors (Lipinski definition) is 4. The predicted octanol–water partition coefficient (Wildman–Crippen LogP) is 1.63. The zero-order chi connectivity index (χ0) is 18.1. The van der Waals surface area contributed by atoms with Crippen LogP contribution in [0.3, 0.4) is 0 Å². The molecule has 1 unspecified atom stereocenters. The molecular weight excluding hydrogens is 328 g/mol. The van der Waals surface area contributed by atoms with Gasteiger partial charge in [-0.3, -0.25) is 14.6 Å². The van der Waals surface area contributed by atoms with Crippen molar-refractivity contribution in [2.24, 2.45) is 5.41 Å². The quantitative estimate of drug-likeness (QED) is 0.808. The topological polar surface area (TPSA) is 56.8 Å². The average Bonchev–Trinajstić information content (AvgIpc) is 3.11. The summed E-state index contributed by atoms with van der Waals surface area (Å²) in [4.78, 5) is 35.6. The lowest BCUT2D eigenvalue weighted by atomic mass is 9.72. The zero-order valence-electron chi connectivity index (χ0n) is 15.6. The van der Waals surface area contributed by atoms with E-state index in [1.165, 1.54) is 0 Å². The van der Waals surface area contributed by atoms with Gasteiger partial charge in [-0.25, -0.2) is 0 Å². The summed E-state index contributed by atoms with van der Waals surface area (Å²) in [7, 11) is 2.13. The average molecular weight is 356 g/mol. The van der Waals surface area contributed by atoms with Gasteiger partial charge >= 0.3 is 0 Å². The van der Waals surface area contributed by atoms with Gasteiger partial charge in [0.2, 0.25) is 5.91 Å². The smallest absolute Gasteiger partial charge is 0.255 e. The molecule has 3 saturated heterocycles. The molecule has 0 N–H and O–H groups in total. The molecular formula is C20H28N4O2. The van der Waals surface area contributed by atoms with E-state index < -0.39 is 0 Å². The van der Waals surface area contributed by atoms with Crippen molar-refractivity contribution in [2.45, 2.75) is 38.1 Å². The van der Waals surface area contributed by atoms with Crippen molar-refractivity contribution in [1.82, 2.24) is 19.7 Å². The Morgan fingerprint density at radius 1 is 1.23 bits per heavy atom. The Balaban J connectivity index is 1.40. The number of carbonyl (C=O) groups excluding carboxylic acids is 2. The molecule has 1 atom stereocenters. The Bertz CT molecular complexity index is 670. The predicted molar refractivity (Wildman–Crippen MR) is 98.7 cm³/mol. The summed E-state index contributed by atoms with van der Waals surface area (Å²) in [6.45, 7) is 4.50. The monoisotopic (exact) mass is 356 g/mol. The molecule has 6 nitrogen and oxygen atoms in total. The normalized spacial score (nSPS) is 26.5. The molecule has 1 aromatic heterocycles. The third-order valence-corrected chi connectivity index (χ3v) is 6.52. The molecule has 140 valence electrons. The molecule has 0 aromatic carbocycles. The van der Waals surface area contributed by atoms with E-state index in [9.17, 15) is 9.59 Å². The van der Waals surface area contributed by atoms with Crippen LogP contribution in [-0.2, 0) is 4.79 Å². The summed E-state index contributed by atoms with van der Waals surface area (Å²) < 4.78 is 0. The van der Waals surface area contributed by atoms with Crippen LogP contribution in [0.2, 0.25) is 0 Å². The highest BCUT2D eigenvalue weighted by molar-refractivity contribution is 5.93. The highest BCUT2D eigenvalue weighted by Crippen LogP contribution is 2.41. The largest absolute Gasteiger partial charge is 0.339 e. The minimum atomic E-state index is 0.0779. The molecule has 0 bridgehead atoms. The number of likely N-dealkylation sites (N-methyl/N-ethyl adjacent to an activating group) is 1. The van der Waals surface area contributed by atoms with Crippen LogP contribution in [0.15, 0.2) is 24.5 Å². The van der Waals surface area contributed by atoms with Crippen LogP contribution in [0.1, 0.15) is 42.5 Å². The van der Waals surface area contributed by atoms with Gasteiger partial charge in [-0.1, -0.05) is 0 Å². The van der Waals surface area contributed by atoms with E-state index in [2.05, 4.69) is 21.8 Å². The lowest BCUT2D eigenvalue weighted by Gasteiger charge is -2.49. The SMILES string of the molecule is CN1CCC(N2CC3(CCC2=O)CCN(C(=O)c2cccnc2)CC3)C1. The summed E-state index contributed by atoms with van der Waals surface area (Å²) in [5.41, 5.74) is 0.860. The molecule has 6 heteroatoms. The highest BCUT2D eigenvalue weighted by atomic mass is 16.2. The van der Waals surface area contributed by atoms with Crippen molar-refractivity contribution in [1.29, 1.82) is 0 Å². The van der Waals surface area contributed by atoms with Crippen molar-refractivity contribution in [3.8, 4) is 0 Å². The Labute approximate surface area is 155 Å². The molecule has 1 aromatic rings. The van der Waals surface area contributed by atoms with Crippen LogP contribution in [0.5, 0.6) is 0 Å². The van der Waals surface area contributed by atoms with Crippen molar-refractivity contribution in [3.63, 3.8) is 0 Å². The summed E-state index contributed by atoms with van der Waals surface area (Å²) in [6.07, 6.45) is 8.04. The minimum absolute atomic E-state index is 0.0779. The Morgan fingerprint density at radius 2 is 2.04 bits per heavy atom. The summed E-state index contributed by atoms with van der Waals surface area (Å²) >= 11 is 0. The molecule has 3 aliphatic heterocycles. The van der Waals surface area contributed by atoms with Crippen molar-refractivity contribution in [3.05, 3.63) is 30.1 Å². The van der Waals surface area contributed by atoms with Crippen molar-refractivity contribution >= 4 is 11.8 Å². The maximum Gasteiger partial charge on any atom is 0.255 e. The van der Waals surface area contributed by atoms with E-state index in [1.807, 2.05) is 17.0 Å². The van der Waals surface area contributed by atoms with E-state index in [-0.39, 0.29) is 11.3 Å². The lowest BCUT2D eigenvalue weighted by Crippen LogP contribution is -2.55. The van der Waals surface area contributed by atoms with Gasteiger partial charge in [0.1, 0.15) is 0 Å². The first kappa shape index (κ1) is 17.5. The van der Waals surface area contributed by atoms with E-state index >= 15 is 0 Å². The van der Waals surface area contributed by atoms with Gasteiger partial charge in [-0.05, 0) is 56.8 Å². The summed E-state index contributed by atoms with van der Waals surface area (Å²) in [5.74, 6) is 0.402. The van der Waals surface area contributed by atoms with Gasteiger partial charge in [0.25, 0.3) is 5.91 Å². The summed E-state index contributed by atoms with van der Waals surface area (Å²) in [5, 5.41) is 0. The molecule has 0 radical (unpaired) electrons. The maximum absolute atomic E-state index is 12.6. The number of pyridine rings is 1. The minimum Gasteiger partial charge on any atom is -0.339 e. The number of carbonyl (C=O) groups is 2. The van der Waals surface area contributed by atoms with Crippen molar-refractivity contribution < 1.29 is 9.59 Å². The van der Waals surface area contributed by atoms with Crippen LogP contribution >= 0.6 is 0 Å². The molecule has 4 heterocycles. The number of hydrogen-bond donors (Lipinski definition) is 0. The van der Waals surface area contributed by atoms with Gasteiger partial charge in [-0.2, -0.15) is 0 Å². The number of aromatic nitrogens is 1. The first-order valence-electron chi connectivity index (χ1n) is 9.74. The molecule has 0 saturated carbocycles. The van der Waals surface area contributed by atoms with Crippen LogP contribution in [-0.4, -0.2) is 77.3 Å². The van der Waals surface area contributed by atoms with Gasteiger partial charge in [0.05, 0.1) is 5.56 Å². The summed E-state index contributed by atoms with van der Waals surface area (Å²) in [6, 6.07) is 4.01. The second-order valence-corrected chi connectivity index (χ2v) is 8.26.